The van der Waals surface area contributed by atoms with Gasteiger partial charge in [0, 0.05) is 24.5 Å². The summed E-state index contributed by atoms with van der Waals surface area (Å²) in [5, 5.41) is 9.19. The van der Waals surface area contributed by atoms with Crippen LogP contribution in [0.25, 0.3) is 0 Å². The van der Waals surface area contributed by atoms with Gasteiger partial charge >= 0.3 is 0 Å². The summed E-state index contributed by atoms with van der Waals surface area (Å²) in [5.41, 5.74) is 1.90. The second-order valence-electron chi connectivity index (χ2n) is 8.12. The number of Topliss-reactive ketones (excluding diaryl/α,β-unsaturated/α-hetero) is 1. The Morgan fingerprint density at radius 2 is 1.22 bits per heavy atom. The van der Waals surface area contributed by atoms with Gasteiger partial charge in [0.1, 0.15) is 0 Å². The van der Waals surface area contributed by atoms with E-state index < -0.39 is 0 Å². The van der Waals surface area contributed by atoms with Crippen molar-refractivity contribution in [3.63, 3.8) is 0 Å². The molecule has 1 unspecified atom stereocenters. The fraction of sp³-hybridized carbons (Fsp3) is 0.720. The van der Waals surface area contributed by atoms with Crippen molar-refractivity contribution in [1.82, 2.24) is 0 Å². The lowest BCUT2D eigenvalue weighted by molar-refractivity contribution is 0.0979. The second kappa shape index (κ2) is 15.9. The van der Waals surface area contributed by atoms with Crippen LogP contribution in [-0.2, 0) is 0 Å². The van der Waals surface area contributed by atoms with Crippen molar-refractivity contribution in [3.05, 3.63) is 35.4 Å². The molecule has 1 aromatic rings. The zero-order chi connectivity index (χ0) is 19.7. The molecule has 0 fully saturated rings. The third-order valence-electron chi connectivity index (χ3n) is 5.58. The molecule has 1 atom stereocenters. The maximum Gasteiger partial charge on any atom is 0.162 e. The molecule has 0 aliphatic carbocycles. The topological polar surface area (TPSA) is 37.3 Å². The molecule has 0 spiro atoms. The number of aliphatic hydroxyl groups excluding tert-OH is 1. The molecule has 2 nitrogen and oxygen atoms in total. The number of unbranched alkanes of at least 4 members (excludes halogenated alkanes) is 12. The minimum absolute atomic E-state index is 0.134. The van der Waals surface area contributed by atoms with E-state index in [4.69, 9.17) is 0 Å². The summed E-state index contributed by atoms with van der Waals surface area (Å²) in [6.45, 7) is 4.41. The summed E-state index contributed by atoms with van der Waals surface area (Å²) in [6, 6.07) is 7.76. The predicted molar refractivity (Wildman–Crippen MR) is 117 cm³/mol. The molecule has 0 saturated carbocycles. The first-order valence-corrected chi connectivity index (χ1v) is 11.4. The number of ketones is 1. The van der Waals surface area contributed by atoms with Gasteiger partial charge in [-0.15, -0.1) is 0 Å². The van der Waals surface area contributed by atoms with Crippen LogP contribution in [0.5, 0.6) is 0 Å². The fourth-order valence-corrected chi connectivity index (χ4v) is 3.55. The van der Waals surface area contributed by atoms with Crippen molar-refractivity contribution in [2.75, 3.05) is 6.61 Å². The first-order chi connectivity index (χ1) is 13.2. The Morgan fingerprint density at radius 1 is 0.778 bits per heavy atom. The van der Waals surface area contributed by atoms with Crippen LogP contribution in [-0.4, -0.2) is 17.5 Å². The highest BCUT2D eigenvalue weighted by Crippen LogP contribution is 2.17. The highest BCUT2D eigenvalue weighted by molar-refractivity contribution is 5.96. The quantitative estimate of drug-likeness (QED) is 0.227. The zero-order valence-electron chi connectivity index (χ0n) is 17.8. The summed E-state index contributed by atoms with van der Waals surface area (Å²) < 4.78 is 0. The Morgan fingerprint density at radius 3 is 1.67 bits per heavy atom. The minimum atomic E-state index is 0.134. The molecule has 1 aromatic carbocycles. The first-order valence-electron chi connectivity index (χ1n) is 11.4. The Bertz CT molecular complexity index is 478. The Kier molecular flexibility index (Phi) is 14.0. The van der Waals surface area contributed by atoms with Crippen LogP contribution in [0.1, 0.15) is 126 Å². The van der Waals surface area contributed by atoms with Gasteiger partial charge in [0.2, 0.25) is 0 Å². The van der Waals surface area contributed by atoms with Crippen LogP contribution in [0.15, 0.2) is 24.3 Å². The van der Waals surface area contributed by atoms with E-state index in [1.807, 2.05) is 31.2 Å². The number of benzene rings is 1. The summed E-state index contributed by atoms with van der Waals surface area (Å²) in [7, 11) is 0. The fourth-order valence-electron chi connectivity index (χ4n) is 3.55. The molecule has 0 radical (unpaired) electrons. The summed E-state index contributed by atoms with van der Waals surface area (Å²) in [4.78, 5) is 12.2. The van der Waals surface area contributed by atoms with Gasteiger partial charge < -0.3 is 5.11 Å². The van der Waals surface area contributed by atoms with Crippen LogP contribution >= 0.6 is 0 Å². The van der Waals surface area contributed by atoms with Gasteiger partial charge in [-0.05, 0) is 12.0 Å². The number of aliphatic hydroxyl groups is 1. The predicted octanol–water partition coefficient (Wildman–Crippen LogP) is 7.45. The van der Waals surface area contributed by atoms with Gasteiger partial charge in [-0.2, -0.15) is 0 Å². The molecule has 1 N–H and O–H groups in total. The SMILES string of the molecule is CCCCCCCCCCCCCCCC(=O)c1ccc(C(C)CO)cc1. The lowest BCUT2D eigenvalue weighted by Gasteiger charge is -2.09. The maximum atomic E-state index is 12.2. The van der Waals surface area contributed by atoms with Crippen LogP contribution in [0, 0.1) is 0 Å². The average Bonchev–Trinajstić information content (AvgIpc) is 2.70. The second-order valence-corrected chi connectivity index (χ2v) is 8.12. The van der Waals surface area contributed by atoms with Gasteiger partial charge in [-0.3, -0.25) is 4.79 Å². The molecule has 0 heterocycles. The Labute approximate surface area is 167 Å². The van der Waals surface area contributed by atoms with E-state index in [0.29, 0.717) is 6.42 Å². The molecule has 0 bridgehead atoms. The van der Waals surface area contributed by atoms with Gasteiger partial charge in [-0.1, -0.05) is 115 Å². The number of hydrogen-bond donors (Lipinski definition) is 1. The van der Waals surface area contributed by atoms with Crippen molar-refractivity contribution in [3.8, 4) is 0 Å². The van der Waals surface area contributed by atoms with Gasteiger partial charge in [-0.25, -0.2) is 0 Å². The van der Waals surface area contributed by atoms with E-state index >= 15 is 0 Å². The number of carbonyl (C=O) groups is 1. The first kappa shape index (κ1) is 23.9. The normalized spacial score (nSPS) is 12.3. The smallest absolute Gasteiger partial charge is 0.162 e. The monoisotopic (exact) mass is 374 g/mol. The highest BCUT2D eigenvalue weighted by atomic mass is 16.3. The van der Waals surface area contributed by atoms with E-state index in [9.17, 15) is 9.90 Å². The van der Waals surface area contributed by atoms with E-state index in [0.717, 1.165) is 17.5 Å². The molecular formula is C25H42O2. The maximum absolute atomic E-state index is 12.2. The third kappa shape index (κ3) is 11.3. The standard InChI is InChI=1S/C25H42O2/c1-3-4-5-6-7-8-9-10-11-12-13-14-15-16-25(27)24-19-17-23(18-20-24)22(2)21-26/h17-20,22,26H,3-16,21H2,1-2H3. The summed E-state index contributed by atoms with van der Waals surface area (Å²) in [5.74, 6) is 0.386. The van der Waals surface area contributed by atoms with Crippen LogP contribution in [0.3, 0.4) is 0 Å². The average molecular weight is 375 g/mol. The molecular weight excluding hydrogens is 332 g/mol. The highest BCUT2D eigenvalue weighted by Gasteiger charge is 2.08. The zero-order valence-corrected chi connectivity index (χ0v) is 17.8. The molecule has 1 rings (SSSR count). The Balaban J connectivity index is 1.98. The van der Waals surface area contributed by atoms with E-state index in [1.165, 1.54) is 77.0 Å². The number of hydrogen-bond acceptors (Lipinski definition) is 2. The molecule has 2 heteroatoms. The minimum Gasteiger partial charge on any atom is -0.396 e. The summed E-state index contributed by atoms with van der Waals surface area (Å²) >= 11 is 0. The van der Waals surface area contributed by atoms with Gasteiger partial charge in [0.25, 0.3) is 0 Å². The van der Waals surface area contributed by atoms with Gasteiger partial charge in [0.15, 0.2) is 5.78 Å². The molecule has 154 valence electrons. The summed E-state index contributed by atoms with van der Waals surface area (Å²) in [6.07, 6.45) is 17.9. The van der Waals surface area contributed by atoms with Crippen LogP contribution in [0.2, 0.25) is 0 Å². The molecule has 0 amide bonds. The molecule has 0 aliphatic rings. The molecule has 27 heavy (non-hydrogen) atoms. The molecule has 0 aliphatic heterocycles. The van der Waals surface area contributed by atoms with E-state index in [2.05, 4.69) is 6.92 Å². The van der Waals surface area contributed by atoms with Gasteiger partial charge in [0.05, 0.1) is 0 Å². The van der Waals surface area contributed by atoms with E-state index in [-0.39, 0.29) is 18.3 Å². The Hall–Kier alpha value is -1.15. The number of rotatable bonds is 17. The van der Waals surface area contributed by atoms with Crippen molar-refractivity contribution < 1.29 is 9.90 Å². The largest absolute Gasteiger partial charge is 0.396 e. The van der Waals surface area contributed by atoms with Crippen molar-refractivity contribution >= 4 is 5.78 Å². The van der Waals surface area contributed by atoms with Crippen LogP contribution < -0.4 is 0 Å². The van der Waals surface area contributed by atoms with Crippen molar-refractivity contribution in [2.45, 2.75) is 110 Å². The van der Waals surface area contributed by atoms with E-state index in [1.54, 1.807) is 0 Å². The van der Waals surface area contributed by atoms with Crippen molar-refractivity contribution in [2.24, 2.45) is 0 Å². The molecule has 0 saturated heterocycles. The third-order valence-corrected chi connectivity index (χ3v) is 5.58. The lowest BCUT2D eigenvalue weighted by atomic mass is 9.98. The van der Waals surface area contributed by atoms with Crippen molar-refractivity contribution in [1.29, 1.82) is 0 Å². The van der Waals surface area contributed by atoms with Crippen LogP contribution in [0.4, 0.5) is 0 Å². The lowest BCUT2D eigenvalue weighted by Crippen LogP contribution is -2.02. The number of carbonyl (C=O) groups excluding carboxylic acids is 1. The molecule has 0 aromatic heterocycles.